The SMILES string of the molecule is O=C(O)CC1(NC(=O)CC2CC(c3ccccc3)C2)CCOC1. The Morgan fingerprint density at radius 2 is 2.00 bits per heavy atom. The highest BCUT2D eigenvalue weighted by Gasteiger charge is 2.40. The molecule has 2 fully saturated rings. The first kappa shape index (κ1) is 16.0. The molecule has 23 heavy (non-hydrogen) atoms. The Bertz CT molecular complexity index is 560. The maximum atomic E-state index is 12.3. The number of carboxylic acids is 1. The molecular formula is C18H23NO4. The molecule has 3 rings (SSSR count). The second kappa shape index (κ2) is 6.71. The lowest BCUT2D eigenvalue weighted by Crippen LogP contribution is -2.51. The standard InChI is InChI=1S/C18H23NO4/c20-16(19-18(11-17(21)22)6-7-23-12-18)10-13-8-15(9-13)14-4-2-1-3-5-14/h1-5,13,15H,6-12H2,(H,19,20)(H,21,22). The van der Waals surface area contributed by atoms with Crippen LogP contribution in [0.4, 0.5) is 0 Å². The van der Waals surface area contributed by atoms with Crippen molar-refractivity contribution >= 4 is 11.9 Å². The Balaban J connectivity index is 1.48. The largest absolute Gasteiger partial charge is 0.481 e. The number of amides is 1. The topological polar surface area (TPSA) is 75.6 Å². The Morgan fingerprint density at radius 1 is 1.26 bits per heavy atom. The lowest BCUT2D eigenvalue weighted by Gasteiger charge is -2.36. The minimum absolute atomic E-state index is 0.0479. The number of hydrogen-bond acceptors (Lipinski definition) is 3. The van der Waals surface area contributed by atoms with Gasteiger partial charge in [-0.3, -0.25) is 9.59 Å². The summed E-state index contributed by atoms with van der Waals surface area (Å²) in [6.45, 7) is 0.801. The van der Waals surface area contributed by atoms with Crippen molar-refractivity contribution in [3.8, 4) is 0 Å². The van der Waals surface area contributed by atoms with Gasteiger partial charge in [0, 0.05) is 13.0 Å². The van der Waals surface area contributed by atoms with Gasteiger partial charge < -0.3 is 15.2 Å². The molecular weight excluding hydrogens is 294 g/mol. The van der Waals surface area contributed by atoms with E-state index in [1.54, 1.807) is 0 Å². The molecule has 1 heterocycles. The van der Waals surface area contributed by atoms with Crippen molar-refractivity contribution in [3.05, 3.63) is 35.9 Å². The van der Waals surface area contributed by atoms with Crippen molar-refractivity contribution in [2.75, 3.05) is 13.2 Å². The van der Waals surface area contributed by atoms with E-state index in [0.717, 1.165) is 12.8 Å². The maximum Gasteiger partial charge on any atom is 0.305 e. The van der Waals surface area contributed by atoms with E-state index in [1.807, 2.05) is 18.2 Å². The van der Waals surface area contributed by atoms with Crippen LogP contribution < -0.4 is 5.32 Å². The van der Waals surface area contributed by atoms with Gasteiger partial charge in [0.25, 0.3) is 0 Å². The number of hydrogen-bond donors (Lipinski definition) is 2. The number of ether oxygens (including phenoxy) is 1. The van der Waals surface area contributed by atoms with Gasteiger partial charge in [-0.15, -0.1) is 0 Å². The zero-order valence-corrected chi connectivity index (χ0v) is 13.2. The third-order valence-electron chi connectivity index (χ3n) is 4.98. The van der Waals surface area contributed by atoms with Gasteiger partial charge in [0.2, 0.25) is 5.91 Å². The molecule has 0 aromatic heterocycles. The highest BCUT2D eigenvalue weighted by molar-refractivity contribution is 5.78. The second-order valence-electron chi connectivity index (χ2n) is 6.85. The predicted octanol–water partition coefficient (Wildman–Crippen LogP) is 2.32. The van der Waals surface area contributed by atoms with Crippen LogP contribution in [0, 0.1) is 5.92 Å². The third-order valence-corrected chi connectivity index (χ3v) is 4.98. The highest BCUT2D eigenvalue weighted by atomic mass is 16.5. The summed E-state index contributed by atoms with van der Waals surface area (Å²) in [6, 6.07) is 10.4. The Morgan fingerprint density at radius 3 is 2.61 bits per heavy atom. The summed E-state index contributed by atoms with van der Waals surface area (Å²) in [5, 5.41) is 12.0. The number of rotatable bonds is 6. The molecule has 2 N–H and O–H groups in total. The minimum atomic E-state index is -0.899. The molecule has 2 aliphatic rings. The molecule has 1 aliphatic carbocycles. The summed E-state index contributed by atoms with van der Waals surface area (Å²) in [5.41, 5.74) is 0.626. The Labute approximate surface area is 136 Å². The third kappa shape index (κ3) is 3.91. The highest BCUT2D eigenvalue weighted by Crippen LogP contribution is 2.43. The zero-order valence-electron chi connectivity index (χ0n) is 13.2. The molecule has 1 amide bonds. The first-order valence-electron chi connectivity index (χ1n) is 8.22. The van der Waals surface area contributed by atoms with Crippen LogP contribution >= 0.6 is 0 Å². The van der Waals surface area contributed by atoms with E-state index < -0.39 is 11.5 Å². The van der Waals surface area contributed by atoms with E-state index in [0.29, 0.717) is 37.9 Å². The van der Waals surface area contributed by atoms with Crippen LogP contribution in [-0.4, -0.2) is 35.7 Å². The molecule has 124 valence electrons. The van der Waals surface area contributed by atoms with Crippen molar-refractivity contribution < 1.29 is 19.4 Å². The minimum Gasteiger partial charge on any atom is -0.481 e. The van der Waals surface area contributed by atoms with Crippen LogP contribution in [0.5, 0.6) is 0 Å². The van der Waals surface area contributed by atoms with E-state index in [9.17, 15) is 9.59 Å². The van der Waals surface area contributed by atoms with Crippen molar-refractivity contribution in [1.29, 1.82) is 0 Å². The van der Waals surface area contributed by atoms with Crippen molar-refractivity contribution in [1.82, 2.24) is 5.32 Å². The molecule has 1 aliphatic heterocycles. The van der Waals surface area contributed by atoms with Crippen LogP contribution in [0.1, 0.15) is 43.6 Å². The summed E-state index contributed by atoms with van der Waals surface area (Å²) in [6.07, 6.45) is 3.03. The molecule has 1 saturated heterocycles. The Hall–Kier alpha value is -1.88. The number of carboxylic acid groups (broad SMARTS) is 1. The molecule has 5 heteroatoms. The fourth-order valence-electron chi connectivity index (χ4n) is 3.69. The van der Waals surface area contributed by atoms with Crippen LogP contribution in [0.15, 0.2) is 30.3 Å². The monoisotopic (exact) mass is 317 g/mol. The summed E-state index contributed by atoms with van der Waals surface area (Å²) in [5.74, 6) is -0.00181. The van der Waals surface area contributed by atoms with E-state index in [-0.39, 0.29) is 12.3 Å². The summed E-state index contributed by atoms with van der Waals surface area (Å²) in [7, 11) is 0. The second-order valence-corrected chi connectivity index (χ2v) is 6.85. The summed E-state index contributed by atoms with van der Waals surface area (Å²) in [4.78, 5) is 23.3. The fraction of sp³-hybridized carbons (Fsp3) is 0.556. The average molecular weight is 317 g/mol. The molecule has 5 nitrogen and oxygen atoms in total. The quantitative estimate of drug-likeness (QED) is 0.844. The molecule has 1 atom stereocenters. The summed E-state index contributed by atoms with van der Waals surface area (Å²) < 4.78 is 5.30. The molecule has 0 spiro atoms. The van der Waals surface area contributed by atoms with Crippen molar-refractivity contribution in [3.63, 3.8) is 0 Å². The van der Waals surface area contributed by atoms with Gasteiger partial charge in [0.1, 0.15) is 0 Å². The van der Waals surface area contributed by atoms with Gasteiger partial charge in [-0.1, -0.05) is 30.3 Å². The van der Waals surface area contributed by atoms with Gasteiger partial charge in [-0.25, -0.2) is 0 Å². The lowest BCUT2D eigenvalue weighted by molar-refractivity contribution is -0.139. The zero-order chi connectivity index (χ0) is 16.3. The van der Waals surface area contributed by atoms with Gasteiger partial charge in [0.15, 0.2) is 0 Å². The number of carbonyl (C=O) groups excluding carboxylic acids is 1. The molecule has 1 unspecified atom stereocenters. The summed E-state index contributed by atoms with van der Waals surface area (Å²) >= 11 is 0. The fourth-order valence-corrected chi connectivity index (χ4v) is 3.69. The van der Waals surface area contributed by atoms with Crippen molar-refractivity contribution in [2.45, 2.75) is 43.6 Å². The Kier molecular flexibility index (Phi) is 4.66. The number of nitrogens with one attached hydrogen (secondary N) is 1. The van der Waals surface area contributed by atoms with Crippen LogP contribution in [0.25, 0.3) is 0 Å². The smallest absolute Gasteiger partial charge is 0.305 e. The number of benzene rings is 1. The van der Waals surface area contributed by atoms with Gasteiger partial charge in [-0.05, 0) is 36.7 Å². The molecule has 1 aromatic carbocycles. The molecule has 1 aromatic rings. The van der Waals surface area contributed by atoms with E-state index >= 15 is 0 Å². The average Bonchev–Trinajstić information content (AvgIpc) is 2.90. The van der Waals surface area contributed by atoms with Gasteiger partial charge in [0.05, 0.1) is 18.6 Å². The van der Waals surface area contributed by atoms with Crippen LogP contribution in [0.3, 0.4) is 0 Å². The predicted molar refractivity (Wildman–Crippen MR) is 85.1 cm³/mol. The van der Waals surface area contributed by atoms with Crippen molar-refractivity contribution in [2.24, 2.45) is 5.92 Å². The first-order valence-corrected chi connectivity index (χ1v) is 8.22. The lowest BCUT2D eigenvalue weighted by atomic mass is 9.70. The van der Waals surface area contributed by atoms with Gasteiger partial charge >= 0.3 is 5.97 Å². The molecule has 1 saturated carbocycles. The molecule has 0 radical (unpaired) electrons. The normalized spacial score (nSPS) is 29.7. The van der Waals surface area contributed by atoms with E-state index in [1.165, 1.54) is 5.56 Å². The number of carbonyl (C=O) groups is 2. The van der Waals surface area contributed by atoms with Gasteiger partial charge in [-0.2, -0.15) is 0 Å². The maximum absolute atomic E-state index is 12.3. The van der Waals surface area contributed by atoms with E-state index in [4.69, 9.17) is 9.84 Å². The number of aliphatic carboxylic acids is 1. The van der Waals surface area contributed by atoms with Crippen LogP contribution in [-0.2, 0) is 14.3 Å². The van der Waals surface area contributed by atoms with E-state index in [2.05, 4.69) is 17.4 Å². The van der Waals surface area contributed by atoms with Crippen LogP contribution in [0.2, 0.25) is 0 Å². The first-order chi connectivity index (χ1) is 11.1. The molecule has 0 bridgehead atoms.